The minimum absolute atomic E-state index is 0.232. The molecular weight excluding hydrogens is 246 g/mol. The van der Waals surface area contributed by atoms with Crippen LogP contribution in [0.4, 0.5) is 5.82 Å². The molecule has 8 nitrogen and oxygen atoms in total. The van der Waals surface area contributed by atoms with E-state index in [0.29, 0.717) is 11.5 Å². The highest BCUT2D eigenvalue weighted by Crippen LogP contribution is 2.10. The Morgan fingerprint density at radius 1 is 1.37 bits per heavy atom. The first-order valence-corrected chi connectivity index (χ1v) is 5.59. The number of anilines is 1. The number of fused-ring (bicyclic) bond motifs is 1. The number of rotatable bonds is 3. The predicted octanol–water partition coefficient (Wildman–Crippen LogP) is -0.380. The molecule has 0 fully saturated rings. The van der Waals surface area contributed by atoms with Gasteiger partial charge in [-0.2, -0.15) is 0 Å². The van der Waals surface area contributed by atoms with Gasteiger partial charge in [-0.3, -0.25) is 4.98 Å². The predicted molar refractivity (Wildman–Crippen MR) is 68.4 cm³/mol. The second-order valence-corrected chi connectivity index (χ2v) is 3.90. The van der Waals surface area contributed by atoms with E-state index in [1.807, 2.05) is 6.07 Å². The quantitative estimate of drug-likeness (QED) is 0.489. The van der Waals surface area contributed by atoms with Crippen LogP contribution < -0.4 is 17.0 Å². The molecule has 96 valence electrons. The molecule has 0 saturated heterocycles. The third kappa shape index (κ3) is 1.93. The Morgan fingerprint density at radius 3 is 3.05 bits per heavy atom. The fourth-order valence-electron chi connectivity index (χ4n) is 1.84. The highest BCUT2D eigenvalue weighted by molar-refractivity contribution is 5.42. The van der Waals surface area contributed by atoms with Crippen LogP contribution in [0.5, 0.6) is 0 Å². The molecule has 0 bridgehead atoms. The summed E-state index contributed by atoms with van der Waals surface area (Å²) in [6.07, 6.45) is 6.27. The summed E-state index contributed by atoms with van der Waals surface area (Å²) in [5, 5.41) is 4.19. The maximum atomic E-state index is 12.1. The summed E-state index contributed by atoms with van der Waals surface area (Å²) in [6.45, 7) is 0.286. The molecule has 0 radical (unpaired) electrons. The van der Waals surface area contributed by atoms with Crippen LogP contribution in [-0.2, 0) is 6.54 Å². The van der Waals surface area contributed by atoms with Gasteiger partial charge in [-0.15, -0.1) is 5.10 Å². The van der Waals surface area contributed by atoms with Crippen LogP contribution in [0.1, 0.15) is 5.56 Å². The van der Waals surface area contributed by atoms with Crippen LogP contribution in [0.25, 0.3) is 5.65 Å². The lowest BCUT2D eigenvalue weighted by molar-refractivity contribution is 0.658. The second kappa shape index (κ2) is 4.50. The molecule has 3 N–H and O–H groups in total. The Kier molecular flexibility index (Phi) is 2.69. The van der Waals surface area contributed by atoms with Crippen LogP contribution in [0.3, 0.4) is 0 Å². The van der Waals surface area contributed by atoms with Crippen molar-refractivity contribution in [2.75, 3.05) is 5.43 Å². The molecule has 0 spiro atoms. The lowest BCUT2D eigenvalue weighted by Gasteiger charge is -2.06. The van der Waals surface area contributed by atoms with Crippen LogP contribution in [0.15, 0.2) is 41.7 Å². The number of nitrogen functional groups attached to an aromatic ring is 1. The standard InChI is InChI=1S/C11H11N7O/c12-15-10-8(2-1-3-14-10)7-18-11(19)17-5-4-13-6-9(17)16-18/h1-6H,7,12H2,(H,14,15). The van der Waals surface area contributed by atoms with E-state index >= 15 is 0 Å². The van der Waals surface area contributed by atoms with Gasteiger partial charge in [0.1, 0.15) is 5.82 Å². The average molecular weight is 257 g/mol. The molecule has 0 saturated carbocycles. The normalized spacial score (nSPS) is 10.8. The summed E-state index contributed by atoms with van der Waals surface area (Å²) in [5.41, 5.74) is 3.54. The SMILES string of the molecule is NNc1ncccc1Cn1nc2cnccn2c1=O. The van der Waals surface area contributed by atoms with Gasteiger partial charge in [-0.25, -0.2) is 24.7 Å². The van der Waals surface area contributed by atoms with E-state index in [0.717, 1.165) is 5.56 Å². The summed E-state index contributed by atoms with van der Waals surface area (Å²) < 4.78 is 2.77. The molecule has 0 amide bonds. The van der Waals surface area contributed by atoms with Gasteiger partial charge in [0.25, 0.3) is 0 Å². The van der Waals surface area contributed by atoms with Gasteiger partial charge in [0.15, 0.2) is 5.65 Å². The van der Waals surface area contributed by atoms with Crippen molar-refractivity contribution in [1.29, 1.82) is 0 Å². The Balaban J connectivity index is 2.06. The van der Waals surface area contributed by atoms with Crippen molar-refractivity contribution in [2.45, 2.75) is 6.54 Å². The highest BCUT2D eigenvalue weighted by Gasteiger charge is 2.09. The van der Waals surface area contributed by atoms with E-state index in [2.05, 4.69) is 20.5 Å². The molecule has 3 aromatic heterocycles. The molecule has 3 heterocycles. The van der Waals surface area contributed by atoms with Crippen molar-refractivity contribution in [3.05, 3.63) is 53.0 Å². The van der Waals surface area contributed by atoms with Crippen LogP contribution in [0.2, 0.25) is 0 Å². The zero-order valence-electron chi connectivity index (χ0n) is 9.89. The number of hydrogen-bond acceptors (Lipinski definition) is 6. The lowest BCUT2D eigenvalue weighted by atomic mass is 10.2. The topological polar surface area (TPSA) is 103 Å². The van der Waals surface area contributed by atoms with E-state index in [1.54, 1.807) is 18.5 Å². The van der Waals surface area contributed by atoms with Crippen molar-refractivity contribution >= 4 is 11.5 Å². The van der Waals surface area contributed by atoms with Gasteiger partial charge in [0, 0.05) is 24.2 Å². The van der Waals surface area contributed by atoms with E-state index in [9.17, 15) is 4.79 Å². The smallest absolute Gasteiger partial charge is 0.308 e. The Morgan fingerprint density at radius 2 is 2.26 bits per heavy atom. The molecular formula is C11H11N7O. The number of hydrogen-bond donors (Lipinski definition) is 2. The van der Waals surface area contributed by atoms with Crippen molar-refractivity contribution in [3.63, 3.8) is 0 Å². The largest absolute Gasteiger partial charge is 0.350 e. The van der Waals surface area contributed by atoms with E-state index in [-0.39, 0.29) is 12.2 Å². The van der Waals surface area contributed by atoms with Gasteiger partial charge in [-0.1, -0.05) is 6.07 Å². The zero-order chi connectivity index (χ0) is 13.2. The summed E-state index contributed by atoms with van der Waals surface area (Å²) in [6, 6.07) is 3.61. The third-order valence-electron chi connectivity index (χ3n) is 2.74. The Labute approximate surface area is 107 Å². The minimum Gasteiger partial charge on any atom is -0.308 e. The maximum Gasteiger partial charge on any atom is 0.350 e. The van der Waals surface area contributed by atoms with E-state index < -0.39 is 0 Å². The number of nitrogens with zero attached hydrogens (tertiary/aromatic N) is 5. The fraction of sp³-hybridized carbons (Fsp3) is 0.0909. The van der Waals surface area contributed by atoms with Gasteiger partial charge < -0.3 is 5.43 Å². The Bertz CT molecular complexity index is 776. The first-order chi connectivity index (χ1) is 9.29. The molecule has 19 heavy (non-hydrogen) atoms. The number of pyridine rings is 1. The number of nitrogens with one attached hydrogen (secondary N) is 1. The molecule has 0 atom stereocenters. The first kappa shape index (κ1) is 11.4. The van der Waals surface area contributed by atoms with Crippen LogP contribution >= 0.6 is 0 Å². The highest BCUT2D eigenvalue weighted by atomic mass is 16.2. The van der Waals surface area contributed by atoms with Crippen molar-refractivity contribution in [3.8, 4) is 0 Å². The molecule has 0 aromatic carbocycles. The zero-order valence-corrected chi connectivity index (χ0v) is 9.89. The second-order valence-electron chi connectivity index (χ2n) is 3.90. The van der Waals surface area contributed by atoms with Gasteiger partial charge >= 0.3 is 5.69 Å². The molecule has 3 rings (SSSR count). The van der Waals surface area contributed by atoms with E-state index in [4.69, 9.17) is 5.84 Å². The minimum atomic E-state index is -0.232. The number of nitrogens with two attached hydrogens (primary N) is 1. The average Bonchev–Trinajstić information content (AvgIpc) is 2.77. The first-order valence-electron chi connectivity index (χ1n) is 5.59. The molecule has 8 heteroatoms. The van der Waals surface area contributed by atoms with Crippen molar-refractivity contribution in [1.82, 2.24) is 24.1 Å². The van der Waals surface area contributed by atoms with Gasteiger partial charge in [0.2, 0.25) is 0 Å². The summed E-state index contributed by atoms with van der Waals surface area (Å²) in [7, 11) is 0. The van der Waals surface area contributed by atoms with Crippen molar-refractivity contribution in [2.24, 2.45) is 5.84 Å². The molecule has 0 unspecified atom stereocenters. The Hall–Kier alpha value is -2.74. The number of hydrazine groups is 1. The maximum absolute atomic E-state index is 12.1. The van der Waals surface area contributed by atoms with Gasteiger partial charge in [0.05, 0.1) is 12.7 Å². The summed E-state index contributed by atoms with van der Waals surface area (Å²) >= 11 is 0. The van der Waals surface area contributed by atoms with Gasteiger partial charge in [-0.05, 0) is 6.07 Å². The summed E-state index contributed by atoms with van der Waals surface area (Å²) in [5.74, 6) is 5.90. The number of aromatic nitrogens is 5. The van der Waals surface area contributed by atoms with Crippen LogP contribution in [0, 0.1) is 0 Å². The fourth-order valence-corrected chi connectivity index (χ4v) is 1.84. The molecule has 0 aliphatic heterocycles. The third-order valence-corrected chi connectivity index (χ3v) is 2.74. The molecule has 0 aliphatic carbocycles. The van der Waals surface area contributed by atoms with Crippen LogP contribution in [-0.4, -0.2) is 24.1 Å². The lowest BCUT2D eigenvalue weighted by Crippen LogP contribution is -2.22. The van der Waals surface area contributed by atoms with Crippen molar-refractivity contribution < 1.29 is 0 Å². The molecule has 3 aromatic rings. The summed E-state index contributed by atoms with van der Waals surface area (Å²) in [4.78, 5) is 20.1. The molecule has 0 aliphatic rings. The van der Waals surface area contributed by atoms with E-state index in [1.165, 1.54) is 21.5 Å². The monoisotopic (exact) mass is 257 g/mol.